The topological polar surface area (TPSA) is 56.8 Å². The molecule has 1 aromatic carbocycles. The minimum Gasteiger partial charge on any atom is -0.442 e. The number of halogens is 1. The molecule has 0 unspecified atom stereocenters. The maximum atomic E-state index is 12.1. The van der Waals surface area contributed by atoms with Crippen molar-refractivity contribution in [3.05, 3.63) is 48.0 Å². The molecule has 1 saturated carbocycles. The molecule has 1 amide bonds. The number of carbonyl (C=O) groups is 1. The molecule has 3 rings (SSSR count). The highest BCUT2D eigenvalue weighted by Crippen LogP contribution is 2.44. The second-order valence-corrected chi connectivity index (χ2v) is 7.19. The standard InChI is InChI=1S/C17H20BrNO4/c1-10-12(18)14(15-13(10)22-17(2,3)23-15)21-16(20)19-9-11-7-5-4-6-8-11/h4-8,12-15H,1,9H2,2-3H3,(H,19,20)/t12-,13+,14+,15+/m0/s1. The van der Waals surface area contributed by atoms with E-state index in [0.29, 0.717) is 6.54 Å². The highest BCUT2D eigenvalue weighted by Gasteiger charge is 2.56. The van der Waals surface area contributed by atoms with E-state index in [1.54, 1.807) is 0 Å². The van der Waals surface area contributed by atoms with E-state index in [-0.39, 0.29) is 17.0 Å². The zero-order chi connectivity index (χ0) is 16.6. The number of amides is 1. The van der Waals surface area contributed by atoms with Crippen molar-refractivity contribution < 1.29 is 19.0 Å². The Morgan fingerprint density at radius 2 is 2.04 bits per heavy atom. The Balaban J connectivity index is 1.60. The number of hydrogen-bond donors (Lipinski definition) is 1. The summed E-state index contributed by atoms with van der Waals surface area (Å²) in [7, 11) is 0. The Labute approximate surface area is 144 Å². The monoisotopic (exact) mass is 381 g/mol. The van der Waals surface area contributed by atoms with Crippen LogP contribution in [0.4, 0.5) is 4.79 Å². The number of fused-ring (bicyclic) bond motifs is 1. The smallest absolute Gasteiger partial charge is 0.407 e. The van der Waals surface area contributed by atoms with Crippen LogP contribution >= 0.6 is 15.9 Å². The van der Waals surface area contributed by atoms with Crippen LogP contribution in [0.5, 0.6) is 0 Å². The van der Waals surface area contributed by atoms with Gasteiger partial charge in [0.2, 0.25) is 0 Å². The van der Waals surface area contributed by atoms with Crippen LogP contribution in [0.15, 0.2) is 42.5 Å². The molecule has 23 heavy (non-hydrogen) atoms. The number of alkyl carbamates (subject to hydrolysis) is 1. The normalized spacial score (nSPS) is 31.7. The average Bonchev–Trinajstić information content (AvgIpc) is 2.94. The molecule has 2 aliphatic rings. The first-order chi connectivity index (χ1) is 10.9. The molecule has 1 saturated heterocycles. The lowest BCUT2D eigenvalue weighted by atomic mass is 10.2. The van der Waals surface area contributed by atoms with Crippen LogP contribution in [0.1, 0.15) is 19.4 Å². The van der Waals surface area contributed by atoms with Crippen LogP contribution in [0.2, 0.25) is 0 Å². The van der Waals surface area contributed by atoms with Gasteiger partial charge in [0.15, 0.2) is 5.79 Å². The third-order valence-corrected chi connectivity index (χ3v) is 5.09. The molecule has 4 atom stereocenters. The summed E-state index contributed by atoms with van der Waals surface area (Å²) in [4.78, 5) is 11.9. The summed E-state index contributed by atoms with van der Waals surface area (Å²) in [6, 6.07) is 9.66. The van der Waals surface area contributed by atoms with Gasteiger partial charge >= 0.3 is 6.09 Å². The Morgan fingerprint density at radius 3 is 2.74 bits per heavy atom. The summed E-state index contributed by atoms with van der Waals surface area (Å²) in [5, 5.41) is 2.75. The molecule has 1 aliphatic carbocycles. The number of alkyl halides is 1. The highest BCUT2D eigenvalue weighted by atomic mass is 79.9. The molecule has 1 N–H and O–H groups in total. The van der Waals surface area contributed by atoms with Crippen LogP contribution in [0, 0.1) is 0 Å². The predicted octanol–water partition coefficient (Wildman–Crippen LogP) is 3.13. The second kappa shape index (κ2) is 6.26. The zero-order valence-corrected chi connectivity index (χ0v) is 14.7. The van der Waals surface area contributed by atoms with Crippen molar-refractivity contribution in [1.29, 1.82) is 0 Å². The first-order valence-corrected chi connectivity index (χ1v) is 8.46. The molecule has 124 valence electrons. The van der Waals surface area contributed by atoms with E-state index in [0.717, 1.165) is 11.1 Å². The third kappa shape index (κ3) is 3.44. The van der Waals surface area contributed by atoms with Gasteiger partial charge in [-0.1, -0.05) is 52.8 Å². The summed E-state index contributed by atoms with van der Waals surface area (Å²) in [6.45, 7) is 8.13. The SMILES string of the molecule is C=C1[C@H]2OC(C)(C)O[C@H]2[C@H](OC(=O)NCc2ccccc2)[C@H]1Br. The number of benzene rings is 1. The predicted molar refractivity (Wildman–Crippen MR) is 89.2 cm³/mol. The molecular weight excluding hydrogens is 362 g/mol. The Kier molecular flexibility index (Phi) is 4.49. The minimum absolute atomic E-state index is 0.184. The van der Waals surface area contributed by atoms with Gasteiger partial charge in [0.05, 0.1) is 4.83 Å². The maximum absolute atomic E-state index is 12.1. The first-order valence-electron chi connectivity index (χ1n) is 7.54. The van der Waals surface area contributed by atoms with Crippen molar-refractivity contribution in [2.45, 2.75) is 49.3 Å². The van der Waals surface area contributed by atoms with Gasteiger partial charge in [-0.3, -0.25) is 0 Å². The van der Waals surface area contributed by atoms with Gasteiger partial charge in [0.25, 0.3) is 0 Å². The average molecular weight is 382 g/mol. The van der Waals surface area contributed by atoms with Crippen LogP contribution in [-0.2, 0) is 20.8 Å². The van der Waals surface area contributed by atoms with E-state index < -0.39 is 18.0 Å². The van der Waals surface area contributed by atoms with Gasteiger partial charge in [0.1, 0.15) is 18.3 Å². The Hall–Kier alpha value is -1.37. The molecule has 5 nitrogen and oxygen atoms in total. The van der Waals surface area contributed by atoms with Crippen molar-refractivity contribution in [1.82, 2.24) is 5.32 Å². The Bertz CT molecular complexity index is 604. The van der Waals surface area contributed by atoms with Crippen LogP contribution in [-0.4, -0.2) is 35.0 Å². The van der Waals surface area contributed by atoms with Gasteiger partial charge in [-0.05, 0) is 25.0 Å². The van der Waals surface area contributed by atoms with Gasteiger partial charge in [0, 0.05) is 6.54 Å². The number of hydrogen-bond acceptors (Lipinski definition) is 4. The van der Waals surface area contributed by atoms with Crippen molar-refractivity contribution in [2.75, 3.05) is 0 Å². The summed E-state index contributed by atoms with van der Waals surface area (Å²) in [5.74, 6) is -0.701. The largest absolute Gasteiger partial charge is 0.442 e. The van der Waals surface area contributed by atoms with Crippen molar-refractivity contribution >= 4 is 22.0 Å². The quantitative estimate of drug-likeness (QED) is 0.645. The molecule has 6 heteroatoms. The van der Waals surface area contributed by atoms with Crippen molar-refractivity contribution in [2.24, 2.45) is 0 Å². The Morgan fingerprint density at radius 1 is 1.35 bits per heavy atom. The van der Waals surface area contributed by atoms with E-state index >= 15 is 0 Å². The van der Waals surface area contributed by atoms with E-state index in [1.807, 2.05) is 44.2 Å². The summed E-state index contributed by atoms with van der Waals surface area (Å²) >= 11 is 3.52. The molecule has 2 fully saturated rings. The zero-order valence-electron chi connectivity index (χ0n) is 13.1. The molecule has 1 aliphatic heterocycles. The van der Waals surface area contributed by atoms with Gasteiger partial charge in [-0.2, -0.15) is 0 Å². The number of rotatable bonds is 3. The fraction of sp³-hybridized carbons (Fsp3) is 0.471. The summed E-state index contributed by atoms with van der Waals surface area (Å²) in [6.07, 6.45) is -1.55. The molecule has 1 heterocycles. The van der Waals surface area contributed by atoms with E-state index in [2.05, 4.69) is 27.8 Å². The van der Waals surface area contributed by atoms with E-state index in [9.17, 15) is 4.79 Å². The van der Waals surface area contributed by atoms with Crippen LogP contribution < -0.4 is 5.32 Å². The van der Waals surface area contributed by atoms with Gasteiger partial charge in [-0.25, -0.2) is 4.79 Å². The van der Waals surface area contributed by atoms with Crippen molar-refractivity contribution in [3.63, 3.8) is 0 Å². The summed E-state index contributed by atoms with van der Waals surface area (Å²) < 4.78 is 17.3. The van der Waals surface area contributed by atoms with Crippen LogP contribution in [0.3, 0.4) is 0 Å². The lowest BCUT2D eigenvalue weighted by Gasteiger charge is -2.24. The minimum atomic E-state index is -0.701. The van der Waals surface area contributed by atoms with E-state index in [4.69, 9.17) is 14.2 Å². The van der Waals surface area contributed by atoms with Gasteiger partial charge in [-0.15, -0.1) is 0 Å². The fourth-order valence-corrected chi connectivity index (χ4v) is 3.58. The third-order valence-electron chi connectivity index (χ3n) is 3.98. The first kappa shape index (κ1) is 16.5. The molecule has 0 spiro atoms. The molecule has 0 bridgehead atoms. The lowest BCUT2D eigenvalue weighted by molar-refractivity contribution is -0.157. The van der Waals surface area contributed by atoms with Crippen molar-refractivity contribution in [3.8, 4) is 0 Å². The number of ether oxygens (including phenoxy) is 3. The second-order valence-electron chi connectivity index (χ2n) is 6.21. The number of nitrogens with one attached hydrogen (secondary N) is 1. The molecule has 0 radical (unpaired) electrons. The molecule has 1 aromatic rings. The maximum Gasteiger partial charge on any atom is 0.407 e. The van der Waals surface area contributed by atoms with Gasteiger partial charge < -0.3 is 19.5 Å². The van der Waals surface area contributed by atoms with Crippen LogP contribution in [0.25, 0.3) is 0 Å². The lowest BCUT2D eigenvalue weighted by Crippen LogP contribution is -2.39. The number of carbonyl (C=O) groups excluding carboxylic acids is 1. The van der Waals surface area contributed by atoms with E-state index in [1.165, 1.54) is 0 Å². The molecular formula is C17H20BrNO4. The highest BCUT2D eigenvalue weighted by molar-refractivity contribution is 9.09. The fourth-order valence-electron chi connectivity index (χ4n) is 2.91. The summed E-state index contributed by atoms with van der Waals surface area (Å²) in [5.41, 5.74) is 1.84. The molecule has 0 aromatic heterocycles.